The quantitative estimate of drug-likeness (QED) is 0.826. The van der Waals surface area contributed by atoms with Crippen molar-refractivity contribution >= 4 is 21.5 Å². The molecule has 0 bridgehead atoms. The predicted octanol–water partition coefficient (Wildman–Crippen LogP) is 1.24. The van der Waals surface area contributed by atoms with Crippen LogP contribution < -0.4 is 0 Å². The first kappa shape index (κ1) is 13.5. The first-order valence-electron chi connectivity index (χ1n) is 6.51. The second-order valence-corrected chi connectivity index (χ2v) is 7.74. The highest BCUT2D eigenvalue weighted by Crippen LogP contribution is 2.35. The van der Waals surface area contributed by atoms with Crippen LogP contribution in [0.25, 0.3) is 0 Å². The van der Waals surface area contributed by atoms with E-state index in [4.69, 9.17) is 4.74 Å². The molecule has 0 aromatic carbocycles. The number of hydrogen-bond donors (Lipinski definition) is 0. The lowest BCUT2D eigenvalue weighted by atomic mass is 10.0. The van der Waals surface area contributed by atoms with Crippen LogP contribution in [0.3, 0.4) is 0 Å². The van der Waals surface area contributed by atoms with Gasteiger partial charge in [-0.25, -0.2) is 0 Å². The Hall–Kier alpha value is -0.470. The van der Waals surface area contributed by atoms with Crippen molar-refractivity contribution in [1.29, 1.82) is 0 Å². The molecule has 1 aromatic rings. The third kappa shape index (κ3) is 2.34. The Morgan fingerprint density at radius 2 is 2.05 bits per heavy atom. The molecule has 1 fully saturated rings. The van der Waals surface area contributed by atoms with E-state index in [1.165, 1.54) is 4.88 Å². The third-order valence-electron chi connectivity index (χ3n) is 3.81. The molecule has 5 nitrogen and oxygen atoms in total. The van der Waals surface area contributed by atoms with Crippen LogP contribution in [0.2, 0.25) is 0 Å². The molecular formula is C12H18N2O3S2. The number of hydrogen-bond acceptors (Lipinski definition) is 4. The molecule has 0 N–H and O–H groups in total. The number of fused-ring (bicyclic) bond motifs is 1. The topological polar surface area (TPSA) is 49.9 Å². The normalized spacial score (nSPS) is 26.3. The minimum absolute atomic E-state index is 0.0668. The fourth-order valence-corrected chi connectivity index (χ4v) is 5.43. The maximum absolute atomic E-state index is 12.7. The molecule has 0 aliphatic carbocycles. The molecule has 1 atom stereocenters. The molecule has 19 heavy (non-hydrogen) atoms. The first-order valence-corrected chi connectivity index (χ1v) is 8.79. The highest BCUT2D eigenvalue weighted by Gasteiger charge is 2.37. The van der Waals surface area contributed by atoms with Crippen molar-refractivity contribution < 1.29 is 13.2 Å². The van der Waals surface area contributed by atoms with E-state index in [2.05, 4.69) is 0 Å². The van der Waals surface area contributed by atoms with Crippen molar-refractivity contribution in [2.75, 3.05) is 32.8 Å². The van der Waals surface area contributed by atoms with E-state index >= 15 is 0 Å². The van der Waals surface area contributed by atoms with E-state index in [0.29, 0.717) is 32.8 Å². The monoisotopic (exact) mass is 302 g/mol. The van der Waals surface area contributed by atoms with Gasteiger partial charge >= 0.3 is 0 Å². The van der Waals surface area contributed by atoms with E-state index in [-0.39, 0.29) is 6.04 Å². The summed E-state index contributed by atoms with van der Waals surface area (Å²) in [4.78, 5) is 1.32. The number of rotatable bonds is 2. The molecule has 0 spiro atoms. The minimum Gasteiger partial charge on any atom is -0.379 e. The number of ether oxygens (including phenoxy) is 1. The maximum atomic E-state index is 12.7. The van der Waals surface area contributed by atoms with E-state index in [1.807, 2.05) is 18.4 Å². The zero-order chi connectivity index (χ0) is 13.5. The zero-order valence-electron chi connectivity index (χ0n) is 10.9. The van der Waals surface area contributed by atoms with Gasteiger partial charge in [-0.05, 0) is 30.4 Å². The average Bonchev–Trinajstić information content (AvgIpc) is 2.89. The Morgan fingerprint density at radius 1 is 1.32 bits per heavy atom. The summed E-state index contributed by atoms with van der Waals surface area (Å²) in [5, 5.41) is 2.05. The summed E-state index contributed by atoms with van der Waals surface area (Å²) < 4.78 is 33.8. The molecule has 7 heteroatoms. The number of nitrogens with zero attached hydrogens (tertiary/aromatic N) is 2. The van der Waals surface area contributed by atoms with Gasteiger partial charge in [-0.3, -0.25) is 0 Å². The SMILES string of the molecule is CC1c2ccsc2CCN1S(=O)(=O)N1CCOCC1. The molecule has 3 rings (SSSR count). The molecule has 106 valence electrons. The molecule has 0 amide bonds. The molecule has 2 aliphatic heterocycles. The predicted molar refractivity (Wildman–Crippen MR) is 74.5 cm³/mol. The van der Waals surface area contributed by atoms with Gasteiger partial charge < -0.3 is 4.74 Å². The summed E-state index contributed by atoms with van der Waals surface area (Å²) >= 11 is 1.72. The zero-order valence-corrected chi connectivity index (χ0v) is 12.5. The second kappa shape index (κ2) is 5.14. The molecular weight excluding hydrogens is 284 g/mol. The summed E-state index contributed by atoms with van der Waals surface area (Å²) in [6, 6.07) is 1.98. The van der Waals surface area contributed by atoms with E-state index < -0.39 is 10.2 Å². The van der Waals surface area contributed by atoms with E-state index in [9.17, 15) is 8.42 Å². The summed E-state index contributed by atoms with van der Waals surface area (Å²) in [5.74, 6) is 0. The van der Waals surface area contributed by atoms with Gasteiger partial charge in [0, 0.05) is 30.6 Å². The van der Waals surface area contributed by atoms with Gasteiger partial charge in [-0.15, -0.1) is 11.3 Å². The maximum Gasteiger partial charge on any atom is 0.282 e. The van der Waals surface area contributed by atoms with Crippen LogP contribution in [0.15, 0.2) is 11.4 Å². The van der Waals surface area contributed by atoms with Crippen molar-refractivity contribution in [2.45, 2.75) is 19.4 Å². The molecule has 2 aliphatic rings. The van der Waals surface area contributed by atoms with E-state index in [0.717, 1.165) is 12.0 Å². The summed E-state index contributed by atoms with van der Waals surface area (Å²) in [7, 11) is -3.36. The number of morpholine rings is 1. The van der Waals surface area contributed by atoms with Crippen LogP contribution in [0.1, 0.15) is 23.4 Å². The Kier molecular flexibility index (Phi) is 3.65. The fourth-order valence-electron chi connectivity index (χ4n) is 2.73. The Morgan fingerprint density at radius 3 is 2.79 bits per heavy atom. The van der Waals surface area contributed by atoms with Crippen LogP contribution in [0, 0.1) is 0 Å². The minimum atomic E-state index is -3.36. The van der Waals surface area contributed by atoms with Gasteiger partial charge in [0.2, 0.25) is 0 Å². The highest BCUT2D eigenvalue weighted by molar-refractivity contribution is 7.86. The lowest BCUT2D eigenvalue weighted by Gasteiger charge is -2.37. The van der Waals surface area contributed by atoms with Gasteiger partial charge in [-0.1, -0.05) is 0 Å². The van der Waals surface area contributed by atoms with Crippen molar-refractivity contribution in [3.63, 3.8) is 0 Å². The molecule has 1 aromatic heterocycles. The van der Waals surface area contributed by atoms with Crippen molar-refractivity contribution in [3.05, 3.63) is 21.9 Å². The largest absolute Gasteiger partial charge is 0.379 e. The third-order valence-corrected chi connectivity index (χ3v) is 6.92. The second-order valence-electron chi connectivity index (χ2n) is 4.86. The Labute approximate surface area is 118 Å². The number of thiophene rings is 1. The van der Waals surface area contributed by atoms with Crippen LogP contribution in [0.4, 0.5) is 0 Å². The smallest absolute Gasteiger partial charge is 0.282 e. The molecule has 3 heterocycles. The molecule has 1 unspecified atom stereocenters. The lowest BCUT2D eigenvalue weighted by Crippen LogP contribution is -2.50. The average molecular weight is 302 g/mol. The van der Waals surface area contributed by atoms with Gasteiger partial charge in [0.05, 0.1) is 13.2 Å². The molecule has 0 saturated carbocycles. The summed E-state index contributed by atoms with van der Waals surface area (Å²) in [6.45, 7) is 4.46. The van der Waals surface area contributed by atoms with Gasteiger partial charge in [0.15, 0.2) is 0 Å². The fraction of sp³-hybridized carbons (Fsp3) is 0.667. The first-order chi connectivity index (χ1) is 9.10. The van der Waals surface area contributed by atoms with Crippen LogP contribution in [0.5, 0.6) is 0 Å². The van der Waals surface area contributed by atoms with Crippen LogP contribution in [-0.2, 0) is 21.4 Å². The van der Waals surface area contributed by atoms with Gasteiger partial charge in [-0.2, -0.15) is 17.0 Å². The van der Waals surface area contributed by atoms with Gasteiger partial charge in [0.25, 0.3) is 10.2 Å². The van der Waals surface area contributed by atoms with E-state index in [1.54, 1.807) is 19.9 Å². The van der Waals surface area contributed by atoms with Crippen molar-refractivity contribution in [1.82, 2.24) is 8.61 Å². The van der Waals surface area contributed by atoms with Crippen molar-refractivity contribution in [3.8, 4) is 0 Å². The summed E-state index contributed by atoms with van der Waals surface area (Å²) in [5.41, 5.74) is 1.16. The standard InChI is InChI=1S/C12H18N2O3S2/c1-10-11-3-9-18-12(11)2-4-14(10)19(15,16)13-5-7-17-8-6-13/h3,9-10H,2,4-8H2,1H3. The van der Waals surface area contributed by atoms with Crippen molar-refractivity contribution in [2.24, 2.45) is 0 Å². The Balaban J connectivity index is 1.86. The molecule has 1 saturated heterocycles. The Bertz CT molecular complexity index is 549. The highest BCUT2D eigenvalue weighted by atomic mass is 32.2. The van der Waals surface area contributed by atoms with Crippen LogP contribution in [-0.4, -0.2) is 49.9 Å². The summed E-state index contributed by atoms with van der Waals surface area (Å²) in [6.07, 6.45) is 0.820. The van der Waals surface area contributed by atoms with Crippen LogP contribution >= 0.6 is 11.3 Å². The lowest BCUT2D eigenvalue weighted by molar-refractivity contribution is 0.0691. The molecule has 0 radical (unpaired) electrons. The van der Waals surface area contributed by atoms with Gasteiger partial charge in [0.1, 0.15) is 0 Å².